The number of ether oxygens (including phenoxy) is 2. The van der Waals surface area contributed by atoms with E-state index in [1.165, 1.54) is 5.56 Å². The minimum absolute atomic E-state index is 0.0168. The van der Waals surface area contributed by atoms with Crippen molar-refractivity contribution in [2.24, 2.45) is 5.92 Å². The van der Waals surface area contributed by atoms with Gasteiger partial charge in [-0.1, -0.05) is 73.7 Å². The van der Waals surface area contributed by atoms with Crippen molar-refractivity contribution in [1.82, 2.24) is 4.90 Å². The van der Waals surface area contributed by atoms with Gasteiger partial charge >= 0.3 is 5.97 Å². The lowest BCUT2D eigenvalue weighted by atomic mass is 9.89. The van der Waals surface area contributed by atoms with Crippen molar-refractivity contribution in [2.45, 2.75) is 57.8 Å². The highest BCUT2D eigenvalue weighted by atomic mass is 16.7. The zero-order chi connectivity index (χ0) is 28.6. The highest BCUT2D eigenvalue weighted by Gasteiger charge is 2.39. The second-order valence-electron chi connectivity index (χ2n) is 10.4. The predicted octanol–water partition coefficient (Wildman–Crippen LogP) is 5.47. The van der Waals surface area contributed by atoms with E-state index in [9.17, 15) is 14.7 Å². The minimum atomic E-state index is -1.01. The third kappa shape index (κ3) is 7.55. The summed E-state index contributed by atoms with van der Waals surface area (Å²) in [5.41, 5.74) is 4.49. The van der Waals surface area contributed by atoms with Crippen molar-refractivity contribution in [2.75, 3.05) is 18.9 Å². The van der Waals surface area contributed by atoms with E-state index < -0.39 is 12.3 Å². The SMILES string of the molecule is CC1C(CN(C)C(C)c2ccccc2)OC(c2ccc(NC(=O)CCC(=O)O)cc2)OC1c1ccc(CO)cc1. The summed E-state index contributed by atoms with van der Waals surface area (Å²) in [4.78, 5) is 25.1. The summed E-state index contributed by atoms with van der Waals surface area (Å²) in [6.07, 6.45) is -1.29. The number of carboxylic acids is 1. The third-order valence-corrected chi connectivity index (χ3v) is 7.57. The average molecular weight is 547 g/mol. The van der Waals surface area contributed by atoms with Gasteiger partial charge in [0, 0.05) is 36.2 Å². The molecule has 0 radical (unpaired) electrons. The first-order valence-corrected chi connectivity index (χ1v) is 13.6. The number of carbonyl (C=O) groups excluding carboxylic acids is 1. The standard InChI is InChI=1S/C32H38N2O6/c1-21-28(19-34(3)22(2)24-7-5-4-6-8-24)39-32(40-31(21)25-11-9-23(20-35)10-12-25)26-13-15-27(16-14-26)33-29(36)17-18-30(37)38/h4-16,21-22,28,31-32,35H,17-20H2,1-3H3,(H,33,36)(H,37,38). The van der Waals surface area contributed by atoms with E-state index in [0.29, 0.717) is 12.2 Å². The molecule has 0 aromatic heterocycles. The number of hydrogen-bond donors (Lipinski definition) is 3. The zero-order valence-corrected chi connectivity index (χ0v) is 23.2. The number of carbonyl (C=O) groups is 2. The van der Waals surface area contributed by atoms with Crippen molar-refractivity contribution in [3.63, 3.8) is 0 Å². The van der Waals surface area contributed by atoms with E-state index in [1.807, 2.05) is 54.6 Å². The van der Waals surface area contributed by atoms with Crippen LogP contribution in [0.4, 0.5) is 5.69 Å². The van der Waals surface area contributed by atoms with Gasteiger partial charge in [-0.15, -0.1) is 0 Å². The van der Waals surface area contributed by atoms with E-state index in [4.69, 9.17) is 14.6 Å². The molecule has 1 fully saturated rings. The molecule has 1 amide bonds. The molecule has 1 heterocycles. The Labute approximate surface area is 235 Å². The molecule has 1 aliphatic heterocycles. The van der Waals surface area contributed by atoms with Crippen LogP contribution in [0.3, 0.4) is 0 Å². The van der Waals surface area contributed by atoms with Crippen LogP contribution >= 0.6 is 0 Å². The van der Waals surface area contributed by atoms with Gasteiger partial charge in [-0.3, -0.25) is 14.5 Å². The fourth-order valence-electron chi connectivity index (χ4n) is 4.92. The van der Waals surface area contributed by atoms with Crippen molar-refractivity contribution < 1.29 is 29.3 Å². The molecule has 8 nitrogen and oxygen atoms in total. The smallest absolute Gasteiger partial charge is 0.303 e. The number of carboxylic acid groups (broad SMARTS) is 1. The van der Waals surface area contributed by atoms with Crippen molar-refractivity contribution in [3.05, 3.63) is 101 Å². The molecule has 8 heteroatoms. The summed E-state index contributed by atoms with van der Waals surface area (Å²) < 4.78 is 13.1. The minimum Gasteiger partial charge on any atom is -0.481 e. The fraction of sp³-hybridized carbons (Fsp3) is 0.375. The fourth-order valence-corrected chi connectivity index (χ4v) is 4.92. The summed E-state index contributed by atoms with van der Waals surface area (Å²) >= 11 is 0. The molecule has 4 rings (SSSR count). The Hall–Kier alpha value is -3.56. The van der Waals surface area contributed by atoms with Gasteiger partial charge in [0.15, 0.2) is 6.29 Å². The molecule has 5 atom stereocenters. The molecule has 0 saturated carbocycles. The van der Waals surface area contributed by atoms with E-state index >= 15 is 0 Å². The second kappa shape index (κ2) is 13.7. The van der Waals surface area contributed by atoms with Crippen LogP contribution < -0.4 is 5.32 Å². The van der Waals surface area contributed by atoms with E-state index in [2.05, 4.69) is 43.2 Å². The topological polar surface area (TPSA) is 108 Å². The molecule has 40 heavy (non-hydrogen) atoms. The number of hydrogen-bond acceptors (Lipinski definition) is 6. The Balaban J connectivity index is 1.53. The molecule has 3 aromatic carbocycles. The maximum absolute atomic E-state index is 12.0. The van der Waals surface area contributed by atoms with Gasteiger partial charge in [0.05, 0.1) is 25.2 Å². The van der Waals surface area contributed by atoms with E-state index in [-0.39, 0.29) is 49.5 Å². The predicted molar refractivity (Wildman–Crippen MR) is 152 cm³/mol. The third-order valence-electron chi connectivity index (χ3n) is 7.57. The van der Waals surface area contributed by atoms with Crippen LogP contribution in [0.1, 0.15) is 67.4 Å². The number of benzene rings is 3. The number of aliphatic carboxylic acids is 1. The molecule has 0 spiro atoms. The van der Waals surface area contributed by atoms with Gasteiger partial charge in [-0.05, 0) is 42.8 Å². The summed E-state index contributed by atoms with van der Waals surface area (Å²) in [5.74, 6) is -1.31. The molecular formula is C32H38N2O6. The summed E-state index contributed by atoms with van der Waals surface area (Å²) in [5, 5.41) is 21.0. The molecule has 1 saturated heterocycles. The molecule has 3 N–H and O–H groups in total. The highest BCUT2D eigenvalue weighted by Crippen LogP contribution is 2.42. The van der Waals surface area contributed by atoms with Gasteiger partial charge in [0.1, 0.15) is 0 Å². The second-order valence-corrected chi connectivity index (χ2v) is 10.4. The normalized spacial score (nSPS) is 21.6. The summed E-state index contributed by atoms with van der Waals surface area (Å²) in [6.45, 7) is 5.00. The monoisotopic (exact) mass is 546 g/mol. The van der Waals surface area contributed by atoms with Crippen molar-refractivity contribution in [3.8, 4) is 0 Å². The van der Waals surface area contributed by atoms with Gasteiger partial charge in [-0.25, -0.2) is 0 Å². The van der Waals surface area contributed by atoms with Gasteiger partial charge in [0.25, 0.3) is 0 Å². The lowest BCUT2D eigenvalue weighted by molar-refractivity contribution is -0.276. The van der Waals surface area contributed by atoms with Gasteiger partial charge < -0.3 is 25.0 Å². The van der Waals surface area contributed by atoms with Crippen LogP contribution in [0.2, 0.25) is 0 Å². The molecule has 0 aliphatic carbocycles. The van der Waals surface area contributed by atoms with E-state index in [0.717, 1.165) is 16.7 Å². The average Bonchev–Trinajstić information content (AvgIpc) is 2.97. The first-order valence-electron chi connectivity index (χ1n) is 13.6. The largest absolute Gasteiger partial charge is 0.481 e. The maximum atomic E-state index is 12.0. The van der Waals surface area contributed by atoms with Gasteiger partial charge in [0.2, 0.25) is 5.91 Å². The Morgan fingerprint density at radius 3 is 2.20 bits per heavy atom. The summed E-state index contributed by atoms with van der Waals surface area (Å²) in [6, 6.07) is 25.6. The van der Waals surface area contributed by atoms with Gasteiger partial charge in [-0.2, -0.15) is 0 Å². The molecule has 212 valence electrons. The molecule has 1 aliphatic rings. The number of amides is 1. The van der Waals surface area contributed by atoms with Crippen LogP contribution in [0.5, 0.6) is 0 Å². The van der Waals surface area contributed by atoms with Crippen LogP contribution in [0, 0.1) is 5.92 Å². The summed E-state index contributed by atoms with van der Waals surface area (Å²) in [7, 11) is 2.10. The van der Waals surface area contributed by atoms with Crippen LogP contribution in [0.25, 0.3) is 0 Å². The Kier molecular flexibility index (Phi) is 10.1. The molecule has 0 bridgehead atoms. The molecule has 5 unspecified atom stereocenters. The zero-order valence-electron chi connectivity index (χ0n) is 23.2. The van der Waals surface area contributed by atoms with Crippen LogP contribution in [-0.4, -0.2) is 46.7 Å². The maximum Gasteiger partial charge on any atom is 0.303 e. The number of nitrogens with one attached hydrogen (secondary N) is 1. The van der Waals surface area contributed by atoms with Crippen LogP contribution in [0.15, 0.2) is 78.9 Å². The number of likely N-dealkylation sites (N-methyl/N-ethyl adjacent to an activating group) is 1. The number of aliphatic hydroxyl groups is 1. The molecular weight excluding hydrogens is 508 g/mol. The quantitative estimate of drug-likeness (QED) is 0.293. The number of anilines is 1. The highest BCUT2D eigenvalue weighted by molar-refractivity contribution is 5.92. The Morgan fingerprint density at radius 1 is 0.925 bits per heavy atom. The molecule has 3 aromatic rings. The Bertz CT molecular complexity index is 1250. The van der Waals surface area contributed by atoms with Crippen LogP contribution in [-0.2, 0) is 25.7 Å². The first-order chi connectivity index (χ1) is 19.2. The number of aliphatic hydroxyl groups excluding tert-OH is 1. The van der Waals surface area contributed by atoms with Crippen molar-refractivity contribution >= 4 is 17.6 Å². The lowest BCUT2D eigenvalue weighted by Gasteiger charge is -2.43. The number of nitrogens with zero attached hydrogens (tertiary/aromatic N) is 1. The van der Waals surface area contributed by atoms with E-state index in [1.54, 1.807) is 12.1 Å². The lowest BCUT2D eigenvalue weighted by Crippen LogP contribution is -2.44. The Morgan fingerprint density at radius 2 is 1.57 bits per heavy atom. The van der Waals surface area contributed by atoms with Crippen molar-refractivity contribution in [1.29, 1.82) is 0 Å². The number of rotatable bonds is 11. The first kappa shape index (κ1) is 29.4.